The van der Waals surface area contributed by atoms with Gasteiger partial charge in [0.2, 0.25) is 0 Å². The Morgan fingerprint density at radius 3 is 2.29 bits per heavy atom. The third-order valence-electron chi connectivity index (χ3n) is 7.93. The summed E-state index contributed by atoms with van der Waals surface area (Å²) in [5.41, 5.74) is 4.97. The molecule has 2 aliphatic rings. The molecule has 0 saturated carbocycles. The highest BCUT2D eigenvalue weighted by Crippen LogP contribution is 2.47. The second-order valence-corrected chi connectivity index (χ2v) is 10.4. The normalized spacial score (nSPS) is 18.2. The van der Waals surface area contributed by atoms with Crippen LogP contribution in [0, 0.1) is 0 Å². The van der Waals surface area contributed by atoms with Gasteiger partial charge in [-0.3, -0.25) is 4.79 Å². The van der Waals surface area contributed by atoms with Crippen LogP contribution < -0.4 is 19.5 Å². The van der Waals surface area contributed by atoms with Crippen molar-refractivity contribution in [3.05, 3.63) is 106 Å². The zero-order chi connectivity index (χ0) is 29.8. The quantitative estimate of drug-likeness (QED) is 0.323. The number of carbonyl (C=O) groups excluding carboxylic acids is 2. The van der Waals surface area contributed by atoms with Crippen LogP contribution in [0.2, 0.25) is 0 Å². The fourth-order valence-electron chi connectivity index (χ4n) is 5.84. The van der Waals surface area contributed by atoms with E-state index in [9.17, 15) is 14.7 Å². The number of allylic oxidation sites excluding steroid dienone is 3. The number of phenolic OH excluding ortho intramolecular Hbond substituents is 1. The van der Waals surface area contributed by atoms with Gasteiger partial charge in [-0.15, -0.1) is 0 Å². The van der Waals surface area contributed by atoms with Gasteiger partial charge in [-0.1, -0.05) is 42.5 Å². The molecule has 0 saturated heterocycles. The maximum Gasteiger partial charge on any atom is 0.336 e. The van der Waals surface area contributed by atoms with Crippen LogP contribution in [0.25, 0.3) is 0 Å². The van der Waals surface area contributed by atoms with E-state index in [2.05, 4.69) is 5.32 Å². The van der Waals surface area contributed by atoms with Crippen molar-refractivity contribution in [2.24, 2.45) is 0 Å². The first kappa shape index (κ1) is 28.8. The standard InChI is InChI=1S/C34H35NO7/c1-20-31(34(38)42-15-14-21-8-6-5-7-9-21)32(23-10-12-26(36)29(19-23)40-3)33-25(35-20)16-24(17-27(33)37)22-11-13-28(39-2)30(18-22)41-4/h5-13,18-19,24,32,35-36H,14-17H2,1-4H3/t24-,32-/m0/s1. The van der Waals surface area contributed by atoms with E-state index in [1.54, 1.807) is 26.4 Å². The monoisotopic (exact) mass is 569 g/mol. The molecule has 0 unspecified atom stereocenters. The maximum absolute atomic E-state index is 14.0. The molecule has 218 valence electrons. The summed E-state index contributed by atoms with van der Waals surface area (Å²) in [6.45, 7) is 2.03. The Kier molecular flexibility index (Phi) is 8.52. The van der Waals surface area contributed by atoms with Crippen LogP contribution in [0.5, 0.6) is 23.0 Å². The number of hydrogen-bond acceptors (Lipinski definition) is 8. The number of rotatable bonds is 9. The minimum Gasteiger partial charge on any atom is -0.504 e. The van der Waals surface area contributed by atoms with Gasteiger partial charge in [0.25, 0.3) is 0 Å². The molecule has 8 nitrogen and oxygen atoms in total. The van der Waals surface area contributed by atoms with Gasteiger partial charge < -0.3 is 29.4 Å². The Balaban J connectivity index is 1.50. The molecule has 5 rings (SSSR count). The minimum atomic E-state index is -0.682. The zero-order valence-corrected chi connectivity index (χ0v) is 24.2. The molecule has 0 amide bonds. The molecule has 2 atom stereocenters. The largest absolute Gasteiger partial charge is 0.504 e. The van der Waals surface area contributed by atoms with E-state index in [-0.39, 0.29) is 36.2 Å². The Labute approximate surface area is 245 Å². The summed E-state index contributed by atoms with van der Waals surface area (Å²) in [6, 6.07) is 20.4. The molecule has 0 spiro atoms. The number of dihydropyridines is 1. The molecule has 0 fully saturated rings. The van der Waals surface area contributed by atoms with E-state index in [1.807, 2.05) is 55.5 Å². The predicted molar refractivity (Wildman–Crippen MR) is 158 cm³/mol. The highest BCUT2D eigenvalue weighted by Gasteiger charge is 2.41. The van der Waals surface area contributed by atoms with E-state index >= 15 is 0 Å². The van der Waals surface area contributed by atoms with Crippen LogP contribution >= 0.6 is 0 Å². The van der Waals surface area contributed by atoms with Crippen molar-refractivity contribution in [2.75, 3.05) is 27.9 Å². The first-order valence-electron chi connectivity index (χ1n) is 13.9. The van der Waals surface area contributed by atoms with E-state index < -0.39 is 11.9 Å². The fraction of sp³-hybridized carbons (Fsp3) is 0.294. The van der Waals surface area contributed by atoms with Crippen molar-refractivity contribution in [2.45, 2.75) is 38.0 Å². The highest BCUT2D eigenvalue weighted by atomic mass is 16.5. The van der Waals surface area contributed by atoms with E-state index in [4.69, 9.17) is 18.9 Å². The number of esters is 1. The van der Waals surface area contributed by atoms with Crippen molar-refractivity contribution >= 4 is 11.8 Å². The molecule has 0 radical (unpaired) electrons. The number of methoxy groups -OCH3 is 3. The van der Waals surface area contributed by atoms with Crippen molar-refractivity contribution < 1.29 is 33.6 Å². The number of aromatic hydroxyl groups is 1. The Morgan fingerprint density at radius 2 is 1.57 bits per heavy atom. The van der Waals surface area contributed by atoms with Crippen molar-refractivity contribution in [1.29, 1.82) is 0 Å². The van der Waals surface area contributed by atoms with Crippen LogP contribution in [-0.2, 0) is 20.7 Å². The molecular formula is C34H35NO7. The first-order chi connectivity index (χ1) is 20.3. The average Bonchev–Trinajstić information content (AvgIpc) is 3.00. The third kappa shape index (κ3) is 5.70. The maximum atomic E-state index is 14.0. The van der Waals surface area contributed by atoms with Crippen LogP contribution in [-0.4, -0.2) is 44.8 Å². The van der Waals surface area contributed by atoms with Gasteiger partial charge in [-0.05, 0) is 60.2 Å². The summed E-state index contributed by atoms with van der Waals surface area (Å²) in [6.07, 6.45) is 1.40. The van der Waals surface area contributed by atoms with Gasteiger partial charge in [-0.2, -0.15) is 0 Å². The van der Waals surface area contributed by atoms with Crippen LogP contribution in [0.3, 0.4) is 0 Å². The molecule has 1 aliphatic heterocycles. The van der Waals surface area contributed by atoms with Crippen molar-refractivity contribution in [3.63, 3.8) is 0 Å². The number of phenols is 1. The molecule has 1 heterocycles. The number of Topliss-reactive ketones (excluding diaryl/α,β-unsaturated/α-hetero) is 1. The SMILES string of the molecule is COc1cc([C@H]2C(C(=O)OCCc3ccccc3)=C(C)NC3=C2C(=O)C[C@@H](c2ccc(OC)c(OC)c2)C3)ccc1O. The Morgan fingerprint density at radius 1 is 0.881 bits per heavy atom. The molecule has 42 heavy (non-hydrogen) atoms. The lowest BCUT2D eigenvalue weighted by molar-refractivity contribution is -0.139. The van der Waals surface area contributed by atoms with E-state index in [1.165, 1.54) is 13.2 Å². The second-order valence-electron chi connectivity index (χ2n) is 10.4. The molecular weight excluding hydrogens is 534 g/mol. The summed E-state index contributed by atoms with van der Waals surface area (Å²) in [4.78, 5) is 27.6. The molecule has 8 heteroatoms. The predicted octanol–water partition coefficient (Wildman–Crippen LogP) is 5.57. The molecule has 3 aromatic rings. The van der Waals surface area contributed by atoms with Crippen molar-refractivity contribution in [3.8, 4) is 23.0 Å². The van der Waals surface area contributed by atoms with Gasteiger partial charge >= 0.3 is 5.97 Å². The molecule has 1 aliphatic carbocycles. The number of nitrogens with one attached hydrogen (secondary N) is 1. The average molecular weight is 570 g/mol. The lowest BCUT2D eigenvalue weighted by atomic mass is 9.71. The fourth-order valence-corrected chi connectivity index (χ4v) is 5.84. The highest BCUT2D eigenvalue weighted by molar-refractivity contribution is 6.04. The lowest BCUT2D eigenvalue weighted by Crippen LogP contribution is -2.36. The second kappa shape index (κ2) is 12.4. The van der Waals surface area contributed by atoms with Crippen LogP contribution in [0.1, 0.15) is 48.3 Å². The number of carbonyl (C=O) groups is 2. The molecule has 0 aromatic heterocycles. The minimum absolute atomic E-state index is 0.0273. The molecule has 0 bridgehead atoms. The van der Waals surface area contributed by atoms with Gasteiger partial charge in [0.1, 0.15) is 0 Å². The van der Waals surface area contributed by atoms with Crippen molar-refractivity contribution in [1.82, 2.24) is 5.32 Å². The van der Waals surface area contributed by atoms with Crippen LogP contribution in [0.4, 0.5) is 0 Å². The topological polar surface area (TPSA) is 103 Å². The zero-order valence-electron chi connectivity index (χ0n) is 24.2. The Bertz CT molecular complexity index is 1560. The Hall–Kier alpha value is -4.72. The summed E-state index contributed by atoms with van der Waals surface area (Å²) in [5.74, 6) is 0.121. The summed E-state index contributed by atoms with van der Waals surface area (Å²) in [5, 5.41) is 13.7. The lowest BCUT2D eigenvalue weighted by Gasteiger charge is -2.37. The van der Waals surface area contributed by atoms with Gasteiger partial charge in [-0.25, -0.2) is 4.79 Å². The summed E-state index contributed by atoms with van der Waals surface area (Å²) in [7, 11) is 4.63. The van der Waals surface area contributed by atoms with Gasteiger partial charge in [0, 0.05) is 35.7 Å². The molecule has 3 aromatic carbocycles. The first-order valence-corrected chi connectivity index (χ1v) is 13.9. The number of ketones is 1. The van der Waals surface area contributed by atoms with Crippen LogP contribution in [0.15, 0.2) is 89.3 Å². The number of hydrogen-bond donors (Lipinski definition) is 2. The smallest absolute Gasteiger partial charge is 0.336 e. The summed E-state index contributed by atoms with van der Waals surface area (Å²) < 4.78 is 22.0. The number of ether oxygens (including phenoxy) is 4. The van der Waals surface area contributed by atoms with E-state index in [0.717, 1.165) is 16.8 Å². The number of benzene rings is 3. The third-order valence-corrected chi connectivity index (χ3v) is 7.93. The van der Waals surface area contributed by atoms with Gasteiger partial charge in [0.05, 0.1) is 33.5 Å². The summed E-state index contributed by atoms with van der Waals surface area (Å²) >= 11 is 0. The molecule has 2 N–H and O–H groups in total. The van der Waals surface area contributed by atoms with Gasteiger partial charge in [0.15, 0.2) is 28.8 Å². The van der Waals surface area contributed by atoms with E-state index in [0.29, 0.717) is 46.7 Å².